The minimum Gasteiger partial charge on any atom is -0.374 e. The lowest BCUT2D eigenvalue weighted by Gasteiger charge is -2.33. The molecular weight excluding hydrogens is 539 g/mol. The van der Waals surface area contributed by atoms with Crippen molar-refractivity contribution in [1.29, 1.82) is 0 Å². The van der Waals surface area contributed by atoms with Crippen LogP contribution in [0.3, 0.4) is 0 Å². The van der Waals surface area contributed by atoms with Crippen molar-refractivity contribution in [3.63, 3.8) is 0 Å². The number of imidazole rings is 1. The summed E-state index contributed by atoms with van der Waals surface area (Å²) in [5.41, 5.74) is 6.24. The van der Waals surface area contributed by atoms with Gasteiger partial charge >= 0.3 is 0 Å². The number of aromatic nitrogens is 2. The molecule has 3 amide bonds. The van der Waals surface area contributed by atoms with Gasteiger partial charge in [0, 0.05) is 19.3 Å². The number of carbonyl (C=O) groups is 3. The molecule has 1 unspecified atom stereocenters. The summed E-state index contributed by atoms with van der Waals surface area (Å²) < 4.78 is 21.1. The van der Waals surface area contributed by atoms with E-state index < -0.39 is 35.3 Å². The maximum absolute atomic E-state index is 13.7. The van der Waals surface area contributed by atoms with Crippen molar-refractivity contribution < 1.29 is 23.5 Å². The Morgan fingerprint density at radius 3 is 2.40 bits per heavy atom. The SMILES string of the molecule is CC1CCN(C(=O)C(c2ccc(F)cc2)n2cnc(NC(=O)[C@@H](COCc3ccccc3)NC(=O)C(C)(C)N)c2)CC1. The minimum atomic E-state index is -1.21. The van der Waals surface area contributed by atoms with Crippen molar-refractivity contribution in [2.45, 2.75) is 57.8 Å². The second-order valence-electron chi connectivity index (χ2n) is 11.4. The number of piperidine rings is 1. The number of benzene rings is 2. The summed E-state index contributed by atoms with van der Waals surface area (Å²) in [5, 5.41) is 5.37. The van der Waals surface area contributed by atoms with Crippen LogP contribution >= 0.6 is 0 Å². The monoisotopic (exact) mass is 578 g/mol. The highest BCUT2D eigenvalue weighted by atomic mass is 19.1. The van der Waals surface area contributed by atoms with E-state index in [0.717, 1.165) is 18.4 Å². The Bertz CT molecular complexity index is 1350. The van der Waals surface area contributed by atoms with E-state index in [-0.39, 0.29) is 24.9 Å². The lowest BCUT2D eigenvalue weighted by molar-refractivity contribution is -0.135. The van der Waals surface area contributed by atoms with E-state index in [1.54, 1.807) is 36.7 Å². The van der Waals surface area contributed by atoms with Crippen molar-refractivity contribution in [1.82, 2.24) is 19.8 Å². The molecule has 0 radical (unpaired) electrons. The van der Waals surface area contributed by atoms with E-state index in [0.29, 0.717) is 24.6 Å². The fourth-order valence-electron chi connectivity index (χ4n) is 4.64. The van der Waals surface area contributed by atoms with Crippen molar-refractivity contribution >= 4 is 23.5 Å². The first-order valence-corrected chi connectivity index (χ1v) is 14.1. The van der Waals surface area contributed by atoms with Gasteiger partial charge in [0.1, 0.15) is 17.9 Å². The second kappa shape index (κ2) is 13.7. The van der Waals surface area contributed by atoms with Crippen LogP contribution in [0.2, 0.25) is 0 Å². The third-order valence-corrected chi connectivity index (χ3v) is 7.27. The first kappa shape index (κ1) is 30.9. The molecule has 0 aliphatic carbocycles. The normalized spacial score (nSPS) is 15.6. The van der Waals surface area contributed by atoms with Gasteiger partial charge < -0.3 is 30.6 Å². The summed E-state index contributed by atoms with van der Waals surface area (Å²) >= 11 is 0. The third-order valence-electron chi connectivity index (χ3n) is 7.27. The van der Waals surface area contributed by atoms with Crippen LogP contribution in [0.25, 0.3) is 0 Å². The number of likely N-dealkylation sites (tertiary alicyclic amines) is 1. The highest BCUT2D eigenvalue weighted by Crippen LogP contribution is 2.26. The quantitative estimate of drug-likeness (QED) is 0.320. The second-order valence-corrected chi connectivity index (χ2v) is 11.4. The number of nitrogens with one attached hydrogen (secondary N) is 2. The van der Waals surface area contributed by atoms with E-state index in [1.165, 1.54) is 18.5 Å². The summed E-state index contributed by atoms with van der Waals surface area (Å²) in [5.74, 6) is -0.883. The third kappa shape index (κ3) is 8.23. The molecule has 1 aliphatic heterocycles. The molecule has 4 rings (SSSR count). The van der Waals surface area contributed by atoms with E-state index in [4.69, 9.17) is 10.5 Å². The van der Waals surface area contributed by atoms with Crippen molar-refractivity contribution in [2.24, 2.45) is 11.7 Å². The van der Waals surface area contributed by atoms with Crippen LogP contribution in [0, 0.1) is 11.7 Å². The Morgan fingerprint density at radius 2 is 1.76 bits per heavy atom. The number of nitrogens with two attached hydrogens (primary N) is 1. The number of nitrogens with zero attached hydrogens (tertiary/aromatic N) is 3. The van der Waals surface area contributed by atoms with Gasteiger partial charge in [0.25, 0.3) is 5.91 Å². The van der Waals surface area contributed by atoms with Gasteiger partial charge in [-0.25, -0.2) is 9.37 Å². The molecule has 10 nitrogen and oxygen atoms in total. The maximum Gasteiger partial charge on any atom is 0.250 e. The van der Waals surface area contributed by atoms with Crippen LogP contribution in [0.5, 0.6) is 0 Å². The van der Waals surface area contributed by atoms with Crippen LogP contribution in [-0.4, -0.2) is 63.4 Å². The molecule has 11 heteroatoms. The van der Waals surface area contributed by atoms with Gasteiger partial charge in [-0.3, -0.25) is 14.4 Å². The molecule has 1 aliphatic rings. The molecular formula is C31H39FN6O4. The van der Waals surface area contributed by atoms with Gasteiger partial charge in [0.15, 0.2) is 5.82 Å². The summed E-state index contributed by atoms with van der Waals surface area (Å²) in [6.07, 6.45) is 4.82. The average molecular weight is 579 g/mol. The van der Waals surface area contributed by atoms with Gasteiger partial charge in [0.2, 0.25) is 11.8 Å². The number of amides is 3. The van der Waals surface area contributed by atoms with Crippen LogP contribution in [-0.2, 0) is 25.7 Å². The summed E-state index contributed by atoms with van der Waals surface area (Å²) in [6, 6.07) is 13.4. The van der Waals surface area contributed by atoms with Crippen molar-refractivity contribution in [3.05, 3.63) is 84.1 Å². The Labute approximate surface area is 245 Å². The Morgan fingerprint density at radius 1 is 1.10 bits per heavy atom. The zero-order valence-electron chi connectivity index (χ0n) is 24.3. The van der Waals surface area contributed by atoms with E-state index >= 15 is 0 Å². The summed E-state index contributed by atoms with van der Waals surface area (Å²) in [4.78, 5) is 45.8. The molecule has 3 aromatic rings. The topological polar surface area (TPSA) is 132 Å². The standard InChI is InChI=1S/C31H39FN6O4/c1-21-13-15-37(16-14-21)29(40)27(23-9-11-24(32)12-10-23)38-17-26(34-20-38)36-28(39)25(35-30(41)31(2,3)33)19-42-18-22-7-5-4-6-8-22/h4-12,17,20-21,25,27H,13-16,18-19,33H2,1-3H3,(H,35,41)(H,36,39)/t25-,27?/m1/s1. The molecule has 4 N–H and O–H groups in total. The molecule has 2 heterocycles. The van der Waals surface area contributed by atoms with Crippen LogP contribution in [0.1, 0.15) is 50.8 Å². The Hall–Kier alpha value is -4.09. The smallest absolute Gasteiger partial charge is 0.250 e. The van der Waals surface area contributed by atoms with Crippen molar-refractivity contribution in [2.75, 3.05) is 25.0 Å². The summed E-state index contributed by atoms with van der Waals surface area (Å²) in [7, 11) is 0. The number of ether oxygens (including phenoxy) is 1. The number of carbonyl (C=O) groups excluding carboxylic acids is 3. The predicted molar refractivity (Wildman–Crippen MR) is 157 cm³/mol. The summed E-state index contributed by atoms with van der Waals surface area (Å²) in [6.45, 7) is 6.67. The number of rotatable bonds is 11. The highest BCUT2D eigenvalue weighted by Gasteiger charge is 2.31. The number of hydrogen-bond acceptors (Lipinski definition) is 6. The van der Waals surface area contributed by atoms with Crippen LogP contribution < -0.4 is 16.4 Å². The average Bonchev–Trinajstić information content (AvgIpc) is 3.41. The first-order valence-electron chi connectivity index (χ1n) is 14.1. The largest absolute Gasteiger partial charge is 0.374 e. The Kier molecular flexibility index (Phi) is 10.1. The van der Waals surface area contributed by atoms with Crippen molar-refractivity contribution in [3.8, 4) is 0 Å². The molecule has 1 fully saturated rings. The van der Waals surface area contributed by atoms with Gasteiger partial charge in [0.05, 0.1) is 25.1 Å². The van der Waals surface area contributed by atoms with E-state index in [9.17, 15) is 18.8 Å². The molecule has 0 bridgehead atoms. The van der Waals surface area contributed by atoms with Crippen LogP contribution in [0.4, 0.5) is 10.2 Å². The molecule has 1 aromatic heterocycles. The molecule has 1 saturated heterocycles. The minimum absolute atomic E-state index is 0.104. The molecule has 224 valence electrons. The fourth-order valence-corrected chi connectivity index (χ4v) is 4.64. The van der Waals surface area contributed by atoms with Gasteiger partial charge in [-0.05, 0) is 55.9 Å². The molecule has 2 atom stereocenters. The van der Waals surface area contributed by atoms with Gasteiger partial charge in [-0.1, -0.05) is 49.4 Å². The molecule has 0 spiro atoms. The lowest BCUT2D eigenvalue weighted by Crippen LogP contribution is -2.56. The van der Waals surface area contributed by atoms with Gasteiger partial charge in [-0.2, -0.15) is 0 Å². The maximum atomic E-state index is 13.7. The number of anilines is 1. The molecule has 0 saturated carbocycles. The van der Waals surface area contributed by atoms with E-state index in [1.807, 2.05) is 35.2 Å². The zero-order chi connectivity index (χ0) is 30.3. The number of halogens is 1. The predicted octanol–water partition coefficient (Wildman–Crippen LogP) is 3.25. The Balaban J connectivity index is 1.51. The zero-order valence-corrected chi connectivity index (χ0v) is 24.3. The highest BCUT2D eigenvalue weighted by molar-refractivity contribution is 5.98. The van der Waals surface area contributed by atoms with Gasteiger partial charge in [-0.15, -0.1) is 0 Å². The molecule has 2 aromatic carbocycles. The number of hydrogen-bond donors (Lipinski definition) is 3. The van der Waals surface area contributed by atoms with E-state index in [2.05, 4.69) is 22.5 Å². The lowest BCUT2D eigenvalue weighted by atomic mass is 9.97. The van der Waals surface area contributed by atoms with Crippen LogP contribution in [0.15, 0.2) is 67.1 Å². The first-order chi connectivity index (χ1) is 20.0. The molecule has 42 heavy (non-hydrogen) atoms. The fraction of sp³-hybridized carbons (Fsp3) is 0.419.